The van der Waals surface area contributed by atoms with Crippen LogP contribution >= 0.6 is 35.3 Å². The van der Waals surface area contributed by atoms with Crippen LogP contribution in [0.15, 0.2) is 24.3 Å². The summed E-state index contributed by atoms with van der Waals surface area (Å²) in [6.07, 6.45) is 0.791. The van der Waals surface area contributed by atoms with Crippen molar-refractivity contribution in [3.05, 3.63) is 40.4 Å². The van der Waals surface area contributed by atoms with Gasteiger partial charge in [-0.05, 0) is 63.8 Å². The van der Waals surface area contributed by atoms with Crippen LogP contribution in [0.5, 0.6) is 17.2 Å². The zero-order chi connectivity index (χ0) is 23.4. The summed E-state index contributed by atoms with van der Waals surface area (Å²) in [5, 5.41) is 1.28. The fourth-order valence-corrected chi connectivity index (χ4v) is 4.89. The molecular formula is C23H29Cl2N3O4S. The topological polar surface area (TPSA) is 64.1 Å². The number of thiazole rings is 1. The van der Waals surface area contributed by atoms with Crippen molar-refractivity contribution in [1.29, 1.82) is 0 Å². The maximum Gasteiger partial charge on any atom is 0.260 e. The summed E-state index contributed by atoms with van der Waals surface area (Å²) in [4.78, 5) is 22.3. The molecule has 2 aromatic carbocycles. The number of carbonyl (C=O) groups is 1. The van der Waals surface area contributed by atoms with E-state index in [9.17, 15) is 4.79 Å². The summed E-state index contributed by atoms with van der Waals surface area (Å²) in [7, 11) is 8.60. The number of hydrogen-bond donors (Lipinski definition) is 0. The largest absolute Gasteiger partial charge is 0.493 e. The van der Waals surface area contributed by atoms with E-state index in [-0.39, 0.29) is 18.3 Å². The molecule has 0 radical (unpaired) electrons. The number of methoxy groups -OCH3 is 3. The third kappa shape index (κ3) is 6.00. The van der Waals surface area contributed by atoms with Crippen LogP contribution in [0.4, 0.5) is 5.13 Å². The monoisotopic (exact) mass is 513 g/mol. The van der Waals surface area contributed by atoms with Gasteiger partial charge in [-0.1, -0.05) is 22.9 Å². The van der Waals surface area contributed by atoms with E-state index >= 15 is 0 Å². The van der Waals surface area contributed by atoms with Gasteiger partial charge >= 0.3 is 0 Å². The number of benzene rings is 2. The summed E-state index contributed by atoms with van der Waals surface area (Å²) in [6.45, 7) is 3.32. The number of rotatable bonds is 9. The Balaban J connectivity index is 0.00000385. The number of aromatic nitrogens is 1. The SMILES string of the molecule is COc1cc(C(=O)N(CCCN(C)C)c2nc3c(C)cc(Cl)cc3s2)cc(OC)c1OC.Cl. The molecule has 10 heteroatoms. The molecule has 0 fully saturated rings. The fraction of sp³-hybridized carbons (Fsp3) is 0.391. The molecular weight excluding hydrogens is 485 g/mol. The lowest BCUT2D eigenvalue weighted by atomic mass is 10.1. The zero-order valence-corrected chi connectivity index (χ0v) is 22.0. The molecule has 180 valence electrons. The van der Waals surface area contributed by atoms with Crippen molar-refractivity contribution in [2.24, 2.45) is 0 Å². The van der Waals surface area contributed by atoms with Crippen LogP contribution < -0.4 is 19.1 Å². The van der Waals surface area contributed by atoms with Crippen molar-refractivity contribution in [1.82, 2.24) is 9.88 Å². The minimum Gasteiger partial charge on any atom is -0.493 e. The summed E-state index contributed by atoms with van der Waals surface area (Å²) >= 11 is 7.69. The van der Waals surface area contributed by atoms with Gasteiger partial charge in [0.2, 0.25) is 5.75 Å². The van der Waals surface area contributed by atoms with Crippen LogP contribution in [0.2, 0.25) is 5.02 Å². The standard InChI is InChI=1S/C23H28ClN3O4S.ClH/c1-14-10-16(24)13-19-20(14)25-23(32-19)27(9-7-8-26(2)3)22(28)15-11-17(29-4)21(31-6)18(12-15)30-5;/h10-13H,7-9H2,1-6H3;1H. The number of nitrogens with zero attached hydrogens (tertiary/aromatic N) is 3. The van der Waals surface area contributed by atoms with E-state index in [1.54, 1.807) is 17.0 Å². The lowest BCUT2D eigenvalue weighted by Gasteiger charge is -2.22. The molecule has 0 saturated heterocycles. The molecule has 3 rings (SSSR count). The molecule has 0 N–H and O–H groups in total. The predicted octanol–water partition coefficient (Wildman–Crippen LogP) is 5.30. The number of ether oxygens (including phenoxy) is 3. The third-order valence-corrected chi connectivity index (χ3v) is 6.26. The highest BCUT2D eigenvalue weighted by molar-refractivity contribution is 7.22. The third-order valence-electron chi connectivity index (χ3n) is 5.01. The van der Waals surface area contributed by atoms with Gasteiger partial charge in [-0.25, -0.2) is 4.98 Å². The maximum absolute atomic E-state index is 13.7. The quantitative estimate of drug-likeness (QED) is 0.386. The first-order valence-electron chi connectivity index (χ1n) is 10.1. The molecule has 1 amide bonds. The van der Waals surface area contributed by atoms with Crippen molar-refractivity contribution < 1.29 is 19.0 Å². The molecule has 1 heterocycles. The first kappa shape index (κ1) is 27.0. The Morgan fingerprint density at radius 1 is 1.03 bits per heavy atom. The molecule has 7 nitrogen and oxygen atoms in total. The number of anilines is 1. The summed E-state index contributed by atoms with van der Waals surface area (Å²) in [5.74, 6) is 1.10. The van der Waals surface area contributed by atoms with Crippen molar-refractivity contribution in [3.63, 3.8) is 0 Å². The molecule has 3 aromatic rings. The van der Waals surface area contributed by atoms with Gasteiger partial charge in [-0.15, -0.1) is 12.4 Å². The Morgan fingerprint density at radius 3 is 2.21 bits per heavy atom. The zero-order valence-electron chi connectivity index (χ0n) is 19.6. The normalized spacial score (nSPS) is 10.8. The molecule has 0 aliphatic rings. The minimum atomic E-state index is -0.189. The average Bonchev–Trinajstić information content (AvgIpc) is 3.18. The highest BCUT2D eigenvalue weighted by Crippen LogP contribution is 2.39. The molecule has 0 aliphatic heterocycles. The van der Waals surface area contributed by atoms with Gasteiger partial charge in [0.1, 0.15) is 0 Å². The molecule has 0 unspecified atom stereocenters. The van der Waals surface area contributed by atoms with Gasteiger partial charge < -0.3 is 19.1 Å². The van der Waals surface area contributed by atoms with Gasteiger partial charge in [0.25, 0.3) is 5.91 Å². The Kier molecular flexibility index (Phi) is 9.60. The first-order chi connectivity index (χ1) is 15.3. The number of hydrogen-bond acceptors (Lipinski definition) is 7. The van der Waals surface area contributed by atoms with Crippen LogP contribution in [-0.4, -0.2) is 64.3 Å². The van der Waals surface area contributed by atoms with Crippen LogP contribution in [0.25, 0.3) is 10.2 Å². The lowest BCUT2D eigenvalue weighted by Crippen LogP contribution is -2.33. The maximum atomic E-state index is 13.7. The van der Waals surface area contributed by atoms with Crippen LogP contribution in [-0.2, 0) is 0 Å². The number of halogens is 2. The Hall–Kier alpha value is -2.26. The predicted molar refractivity (Wildman–Crippen MR) is 138 cm³/mol. The van der Waals surface area contributed by atoms with E-state index in [1.807, 2.05) is 33.2 Å². The number of fused-ring (bicyclic) bond motifs is 1. The van der Waals surface area contributed by atoms with Gasteiger partial charge in [0.05, 0.1) is 31.5 Å². The Morgan fingerprint density at radius 2 is 1.67 bits per heavy atom. The fourth-order valence-electron chi connectivity index (χ4n) is 3.45. The summed E-state index contributed by atoms with van der Waals surface area (Å²) in [6, 6.07) is 7.09. The Labute approximate surface area is 209 Å². The minimum absolute atomic E-state index is 0. The molecule has 0 bridgehead atoms. The lowest BCUT2D eigenvalue weighted by molar-refractivity contribution is 0.0985. The average molecular weight is 514 g/mol. The van der Waals surface area contributed by atoms with E-state index in [2.05, 4.69) is 4.90 Å². The first-order valence-corrected chi connectivity index (χ1v) is 11.3. The molecule has 0 aliphatic carbocycles. The van der Waals surface area contributed by atoms with Crippen LogP contribution in [0, 0.1) is 6.92 Å². The van der Waals surface area contributed by atoms with Crippen LogP contribution in [0.3, 0.4) is 0 Å². The molecule has 1 aromatic heterocycles. The summed E-state index contributed by atoms with van der Waals surface area (Å²) < 4.78 is 17.2. The highest BCUT2D eigenvalue weighted by Gasteiger charge is 2.25. The van der Waals surface area contributed by atoms with Gasteiger partial charge in [0.15, 0.2) is 16.6 Å². The van der Waals surface area contributed by atoms with E-state index in [0.29, 0.717) is 39.5 Å². The van der Waals surface area contributed by atoms with Crippen molar-refractivity contribution in [3.8, 4) is 17.2 Å². The van der Waals surface area contributed by atoms with E-state index in [4.69, 9.17) is 30.8 Å². The molecule has 0 atom stereocenters. The second-order valence-electron chi connectivity index (χ2n) is 7.59. The molecule has 0 saturated carbocycles. The van der Waals surface area contributed by atoms with Crippen LogP contribution in [0.1, 0.15) is 22.3 Å². The highest BCUT2D eigenvalue weighted by atomic mass is 35.5. The second kappa shape index (κ2) is 11.7. The Bertz CT molecular complexity index is 1100. The van der Waals surface area contributed by atoms with Gasteiger partial charge in [0, 0.05) is 17.1 Å². The van der Waals surface area contributed by atoms with E-state index in [1.165, 1.54) is 32.7 Å². The van der Waals surface area contributed by atoms with E-state index < -0.39 is 0 Å². The number of amides is 1. The second-order valence-corrected chi connectivity index (χ2v) is 9.04. The molecule has 0 spiro atoms. The van der Waals surface area contributed by atoms with E-state index in [0.717, 1.165) is 28.7 Å². The van der Waals surface area contributed by atoms with Crippen molar-refractivity contribution in [2.75, 3.05) is 53.4 Å². The number of carbonyl (C=O) groups excluding carboxylic acids is 1. The van der Waals surface area contributed by atoms with Gasteiger partial charge in [-0.3, -0.25) is 9.69 Å². The van der Waals surface area contributed by atoms with Crippen molar-refractivity contribution in [2.45, 2.75) is 13.3 Å². The van der Waals surface area contributed by atoms with Gasteiger partial charge in [-0.2, -0.15) is 0 Å². The molecule has 33 heavy (non-hydrogen) atoms. The number of aryl methyl sites for hydroxylation is 1. The summed E-state index contributed by atoms with van der Waals surface area (Å²) in [5.41, 5.74) is 2.26. The van der Waals surface area contributed by atoms with Crippen molar-refractivity contribution >= 4 is 56.6 Å². The smallest absolute Gasteiger partial charge is 0.260 e.